The molecular formula is C25H30N6O5. The number of pyridine rings is 2. The van der Waals surface area contributed by atoms with E-state index >= 15 is 0 Å². The Hall–Kier alpha value is -3.57. The van der Waals surface area contributed by atoms with Gasteiger partial charge in [0, 0.05) is 64.5 Å². The van der Waals surface area contributed by atoms with Crippen molar-refractivity contribution in [3.05, 3.63) is 54.0 Å². The van der Waals surface area contributed by atoms with Gasteiger partial charge in [-0.2, -0.15) is 0 Å². The van der Waals surface area contributed by atoms with Crippen LogP contribution < -0.4 is 10.1 Å². The number of ether oxygens (including phenoxy) is 2. The zero-order valence-electron chi connectivity index (χ0n) is 20.2. The van der Waals surface area contributed by atoms with E-state index < -0.39 is 6.04 Å². The fourth-order valence-electron chi connectivity index (χ4n) is 5.20. The lowest BCUT2D eigenvalue weighted by Crippen LogP contribution is -2.61. The summed E-state index contributed by atoms with van der Waals surface area (Å²) in [5.74, 6) is -0.224. The van der Waals surface area contributed by atoms with Crippen LogP contribution in [0.15, 0.2) is 42.9 Å². The molecule has 2 bridgehead atoms. The van der Waals surface area contributed by atoms with E-state index in [1.165, 1.54) is 7.11 Å². The largest absolute Gasteiger partial charge is 0.475 e. The highest BCUT2D eigenvalue weighted by Crippen LogP contribution is 2.26. The highest BCUT2D eigenvalue weighted by molar-refractivity contribution is 5.96. The van der Waals surface area contributed by atoms with Crippen molar-refractivity contribution in [2.45, 2.75) is 31.1 Å². The van der Waals surface area contributed by atoms with Crippen LogP contribution in [0.5, 0.6) is 5.88 Å². The summed E-state index contributed by atoms with van der Waals surface area (Å²) in [4.78, 5) is 53.7. The number of nitrogens with zero attached hydrogens (tertiary/aromatic N) is 5. The van der Waals surface area contributed by atoms with Gasteiger partial charge in [0.25, 0.3) is 5.91 Å². The van der Waals surface area contributed by atoms with Gasteiger partial charge < -0.3 is 24.6 Å². The van der Waals surface area contributed by atoms with Crippen LogP contribution in [-0.4, -0.2) is 107 Å². The SMILES string of the molecule is COCC(=O)N1CCN2C(=O)[C@@H]3C[C@H](CN3Cc3cccnc3)NC(=O)c3cccnc3OC[C@@H]2C1. The molecule has 0 saturated carbocycles. The molecule has 3 amide bonds. The van der Waals surface area contributed by atoms with Crippen molar-refractivity contribution in [1.29, 1.82) is 0 Å². The number of amides is 3. The first kappa shape index (κ1) is 24.1. The third kappa shape index (κ3) is 5.02. The molecule has 2 aromatic rings. The van der Waals surface area contributed by atoms with Gasteiger partial charge in [-0.25, -0.2) is 4.98 Å². The number of nitrogens with one attached hydrogen (secondary N) is 1. The van der Waals surface area contributed by atoms with Gasteiger partial charge in [0.05, 0.1) is 12.1 Å². The van der Waals surface area contributed by atoms with Crippen LogP contribution in [-0.2, 0) is 20.9 Å². The lowest BCUT2D eigenvalue weighted by Gasteiger charge is -2.43. The Morgan fingerprint density at radius 3 is 2.86 bits per heavy atom. The molecule has 3 aliphatic rings. The van der Waals surface area contributed by atoms with Crippen LogP contribution in [0, 0.1) is 0 Å². The first-order chi connectivity index (χ1) is 17.5. The molecule has 0 unspecified atom stereocenters. The minimum Gasteiger partial charge on any atom is -0.475 e. The Labute approximate surface area is 209 Å². The molecule has 36 heavy (non-hydrogen) atoms. The highest BCUT2D eigenvalue weighted by atomic mass is 16.5. The molecule has 1 N–H and O–H groups in total. The van der Waals surface area contributed by atoms with Crippen LogP contribution in [0.4, 0.5) is 0 Å². The summed E-state index contributed by atoms with van der Waals surface area (Å²) in [7, 11) is 1.48. The van der Waals surface area contributed by atoms with E-state index in [4.69, 9.17) is 9.47 Å². The van der Waals surface area contributed by atoms with Crippen LogP contribution in [0.25, 0.3) is 0 Å². The van der Waals surface area contributed by atoms with E-state index in [2.05, 4.69) is 20.2 Å². The van der Waals surface area contributed by atoms with Crippen molar-refractivity contribution in [2.75, 3.05) is 46.5 Å². The van der Waals surface area contributed by atoms with E-state index in [1.54, 1.807) is 35.6 Å². The fraction of sp³-hybridized carbons (Fsp3) is 0.480. The van der Waals surface area contributed by atoms with Gasteiger partial charge in [0.2, 0.25) is 17.7 Å². The van der Waals surface area contributed by atoms with Gasteiger partial charge in [0.1, 0.15) is 18.8 Å². The van der Waals surface area contributed by atoms with Crippen LogP contribution >= 0.6 is 0 Å². The molecule has 2 saturated heterocycles. The molecule has 0 radical (unpaired) electrons. The van der Waals surface area contributed by atoms with Gasteiger partial charge in [0.15, 0.2) is 0 Å². The zero-order chi connectivity index (χ0) is 25.1. The Balaban J connectivity index is 1.46. The molecule has 2 fully saturated rings. The second-order valence-corrected chi connectivity index (χ2v) is 9.34. The number of hydrogen-bond acceptors (Lipinski definition) is 8. The van der Waals surface area contributed by atoms with Crippen molar-refractivity contribution in [2.24, 2.45) is 0 Å². The summed E-state index contributed by atoms with van der Waals surface area (Å²) in [6.45, 7) is 2.31. The number of carbonyl (C=O) groups excluding carboxylic acids is 3. The van der Waals surface area contributed by atoms with Crippen LogP contribution in [0.2, 0.25) is 0 Å². The Bertz CT molecular complexity index is 1120. The average molecular weight is 495 g/mol. The van der Waals surface area contributed by atoms with Crippen molar-refractivity contribution < 1.29 is 23.9 Å². The third-order valence-electron chi connectivity index (χ3n) is 6.95. The number of methoxy groups -OCH3 is 1. The molecule has 3 aliphatic heterocycles. The quantitative estimate of drug-likeness (QED) is 0.628. The van der Waals surface area contributed by atoms with E-state index in [1.807, 2.05) is 17.0 Å². The number of likely N-dealkylation sites (tertiary alicyclic amines) is 1. The van der Waals surface area contributed by atoms with Gasteiger partial charge in [-0.1, -0.05) is 6.07 Å². The molecule has 0 aromatic carbocycles. The summed E-state index contributed by atoms with van der Waals surface area (Å²) < 4.78 is 11.0. The number of rotatable bonds is 4. The highest BCUT2D eigenvalue weighted by Gasteiger charge is 2.43. The average Bonchev–Trinajstić information content (AvgIpc) is 3.29. The molecule has 5 rings (SSSR count). The molecular weight excluding hydrogens is 464 g/mol. The fourth-order valence-corrected chi connectivity index (χ4v) is 5.20. The van der Waals surface area contributed by atoms with Crippen molar-refractivity contribution in [3.63, 3.8) is 0 Å². The van der Waals surface area contributed by atoms with Crippen molar-refractivity contribution in [1.82, 2.24) is 30.0 Å². The monoisotopic (exact) mass is 494 g/mol. The Kier molecular flexibility index (Phi) is 7.10. The third-order valence-corrected chi connectivity index (χ3v) is 6.95. The molecule has 0 aliphatic carbocycles. The Morgan fingerprint density at radius 2 is 2.06 bits per heavy atom. The lowest BCUT2D eigenvalue weighted by atomic mass is 10.1. The maximum Gasteiger partial charge on any atom is 0.257 e. The number of fused-ring (bicyclic) bond motifs is 4. The second kappa shape index (κ2) is 10.6. The predicted molar refractivity (Wildman–Crippen MR) is 128 cm³/mol. The molecule has 5 heterocycles. The van der Waals surface area contributed by atoms with Crippen molar-refractivity contribution >= 4 is 17.7 Å². The van der Waals surface area contributed by atoms with Gasteiger partial charge in [-0.15, -0.1) is 0 Å². The molecule has 3 atom stereocenters. The van der Waals surface area contributed by atoms with Crippen LogP contribution in [0.3, 0.4) is 0 Å². The van der Waals surface area contributed by atoms with E-state index in [9.17, 15) is 14.4 Å². The maximum absolute atomic E-state index is 13.9. The van der Waals surface area contributed by atoms with E-state index in [-0.39, 0.29) is 48.9 Å². The summed E-state index contributed by atoms with van der Waals surface area (Å²) >= 11 is 0. The molecule has 2 aromatic heterocycles. The van der Waals surface area contributed by atoms with Gasteiger partial charge in [-0.3, -0.25) is 24.3 Å². The summed E-state index contributed by atoms with van der Waals surface area (Å²) in [5, 5.41) is 3.07. The number of piperazine rings is 1. The van der Waals surface area contributed by atoms with E-state index in [0.717, 1.165) is 5.56 Å². The standard InChI is InChI=1S/C25H30N6O5/c1-35-16-22(32)29-8-9-31-19(14-29)15-36-24-20(5-3-7-27-24)23(33)28-18-10-21(25(31)34)30(13-18)12-17-4-2-6-26-11-17/h2-7,11,18-19,21H,8-10,12-16H2,1H3,(H,28,33)/t18-,19+,21+/m1/s1. The summed E-state index contributed by atoms with van der Waals surface area (Å²) in [6.07, 6.45) is 5.57. The Morgan fingerprint density at radius 1 is 1.19 bits per heavy atom. The first-order valence-corrected chi connectivity index (χ1v) is 12.1. The maximum atomic E-state index is 13.9. The number of hydrogen-bond donors (Lipinski definition) is 1. The minimum atomic E-state index is -0.410. The summed E-state index contributed by atoms with van der Waals surface area (Å²) in [5.41, 5.74) is 1.34. The summed E-state index contributed by atoms with van der Waals surface area (Å²) in [6, 6.07) is 6.22. The second-order valence-electron chi connectivity index (χ2n) is 9.34. The molecule has 11 nitrogen and oxygen atoms in total. The number of aromatic nitrogens is 2. The first-order valence-electron chi connectivity index (χ1n) is 12.1. The molecule has 11 heteroatoms. The predicted octanol–water partition coefficient (Wildman–Crippen LogP) is -0.0723. The lowest BCUT2D eigenvalue weighted by molar-refractivity contribution is -0.148. The molecule has 0 spiro atoms. The van der Waals surface area contributed by atoms with Crippen molar-refractivity contribution in [3.8, 4) is 5.88 Å². The van der Waals surface area contributed by atoms with E-state index in [0.29, 0.717) is 44.7 Å². The smallest absolute Gasteiger partial charge is 0.257 e. The topological polar surface area (TPSA) is 117 Å². The minimum absolute atomic E-state index is 0.0186. The normalized spacial score (nSPS) is 24.6. The zero-order valence-corrected chi connectivity index (χ0v) is 20.2. The van der Waals surface area contributed by atoms with Gasteiger partial charge >= 0.3 is 0 Å². The van der Waals surface area contributed by atoms with Crippen LogP contribution in [0.1, 0.15) is 22.3 Å². The molecule has 190 valence electrons. The van der Waals surface area contributed by atoms with Gasteiger partial charge in [-0.05, 0) is 30.2 Å². The number of carbonyl (C=O) groups is 3.